The van der Waals surface area contributed by atoms with Crippen LogP contribution in [0.25, 0.3) is 11.0 Å². The molecule has 0 spiro atoms. The van der Waals surface area contributed by atoms with Crippen molar-refractivity contribution in [1.29, 1.82) is 0 Å². The molecule has 3 aromatic carbocycles. The Kier molecular flexibility index (Phi) is 7.12. The topological polar surface area (TPSA) is 77.8 Å². The Hall–Kier alpha value is -3.77. The van der Waals surface area contributed by atoms with Crippen LogP contribution in [0.1, 0.15) is 41.1 Å². The number of amides is 1. The third kappa shape index (κ3) is 5.17. The summed E-state index contributed by atoms with van der Waals surface area (Å²) in [5, 5.41) is 4.14. The molecule has 35 heavy (non-hydrogen) atoms. The zero-order valence-electron chi connectivity index (χ0n) is 20.0. The minimum Gasteiger partial charge on any atom is -0.494 e. The van der Waals surface area contributed by atoms with Gasteiger partial charge in [-0.15, -0.1) is 0 Å². The molecule has 1 atom stereocenters. The van der Waals surface area contributed by atoms with Crippen molar-refractivity contribution in [2.45, 2.75) is 33.8 Å². The Labute approximate surface area is 208 Å². The van der Waals surface area contributed by atoms with E-state index in [-0.39, 0.29) is 11.5 Å². The SMILES string of the molecule is CCOc1ccc(C(=O)c2oc3ccccc3c2NC(=O)C(C)Oc2cc(C)c(Cl)c(C)c2)cc1. The number of para-hydroxylation sites is 1. The van der Waals surface area contributed by atoms with E-state index in [0.29, 0.717) is 45.3 Å². The van der Waals surface area contributed by atoms with Gasteiger partial charge in [0.1, 0.15) is 17.1 Å². The van der Waals surface area contributed by atoms with Gasteiger partial charge in [-0.25, -0.2) is 0 Å². The predicted molar refractivity (Wildman–Crippen MR) is 137 cm³/mol. The fourth-order valence-electron chi connectivity index (χ4n) is 3.79. The van der Waals surface area contributed by atoms with Crippen molar-refractivity contribution in [1.82, 2.24) is 0 Å². The first-order chi connectivity index (χ1) is 16.8. The molecule has 1 amide bonds. The first kappa shape index (κ1) is 24.4. The lowest BCUT2D eigenvalue weighted by molar-refractivity contribution is -0.122. The number of carbonyl (C=O) groups excluding carboxylic acids is 2. The average Bonchev–Trinajstić information content (AvgIpc) is 3.21. The van der Waals surface area contributed by atoms with Gasteiger partial charge in [0.05, 0.1) is 12.3 Å². The molecule has 0 aliphatic rings. The fraction of sp³-hybridized carbons (Fsp3) is 0.214. The minimum absolute atomic E-state index is 0.0501. The summed E-state index contributed by atoms with van der Waals surface area (Å²) in [5.74, 6) is 0.490. The van der Waals surface area contributed by atoms with Crippen LogP contribution >= 0.6 is 11.6 Å². The molecule has 1 N–H and O–H groups in total. The highest BCUT2D eigenvalue weighted by Crippen LogP contribution is 2.33. The third-order valence-electron chi connectivity index (χ3n) is 5.57. The van der Waals surface area contributed by atoms with Gasteiger partial charge < -0.3 is 19.2 Å². The molecule has 0 saturated heterocycles. The molecule has 4 aromatic rings. The van der Waals surface area contributed by atoms with Crippen LogP contribution in [0.5, 0.6) is 11.5 Å². The second-order valence-electron chi connectivity index (χ2n) is 8.21. The van der Waals surface area contributed by atoms with Crippen molar-refractivity contribution in [3.8, 4) is 11.5 Å². The quantitative estimate of drug-likeness (QED) is 0.276. The number of furan rings is 1. The summed E-state index contributed by atoms with van der Waals surface area (Å²) in [6.45, 7) is 7.82. The molecule has 0 aliphatic carbocycles. The second kappa shape index (κ2) is 10.2. The number of ether oxygens (including phenoxy) is 2. The van der Waals surface area contributed by atoms with Gasteiger partial charge in [-0.05, 0) is 87.4 Å². The van der Waals surface area contributed by atoms with Crippen molar-refractivity contribution < 1.29 is 23.5 Å². The van der Waals surface area contributed by atoms with E-state index >= 15 is 0 Å². The van der Waals surface area contributed by atoms with Gasteiger partial charge in [-0.1, -0.05) is 23.7 Å². The Morgan fingerprint density at radius 3 is 2.31 bits per heavy atom. The Balaban J connectivity index is 1.61. The van der Waals surface area contributed by atoms with Gasteiger partial charge in [0.2, 0.25) is 5.78 Å². The van der Waals surface area contributed by atoms with Gasteiger partial charge in [0, 0.05) is 16.0 Å². The number of nitrogens with one attached hydrogen (secondary N) is 1. The van der Waals surface area contributed by atoms with Crippen molar-refractivity contribution in [3.63, 3.8) is 0 Å². The van der Waals surface area contributed by atoms with E-state index in [0.717, 1.165) is 11.1 Å². The van der Waals surface area contributed by atoms with E-state index in [1.54, 1.807) is 61.5 Å². The van der Waals surface area contributed by atoms with Crippen LogP contribution < -0.4 is 14.8 Å². The van der Waals surface area contributed by atoms with E-state index < -0.39 is 12.0 Å². The molecule has 1 unspecified atom stereocenters. The van der Waals surface area contributed by atoms with E-state index in [1.807, 2.05) is 26.8 Å². The molecule has 0 aliphatic heterocycles. The smallest absolute Gasteiger partial charge is 0.265 e. The van der Waals surface area contributed by atoms with Gasteiger partial charge in [-0.3, -0.25) is 9.59 Å². The van der Waals surface area contributed by atoms with E-state index in [9.17, 15) is 9.59 Å². The molecule has 0 saturated carbocycles. The van der Waals surface area contributed by atoms with Crippen molar-refractivity contribution in [3.05, 3.63) is 88.1 Å². The first-order valence-electron chi connectivity index (χ1n) is 11.3. The number of benzene rings is 3. The average molecular weight is 492 g/mol. The second-order valence-corrected chi connectivity index (χ2v) is 8.59. The number of rotatable bonds is 8. The standard InChI is InChI=1S/C28H26ClNO5/c1-5-33-20-12-10-19(11-13-20)26(31)27-25(22-8-6-7-9-23(22)35-27)30-28(32)18(4)34-21-14-16(2)24(29)17(3)15-21/h6-15,18H,5H2,1-4H3,(H,30,32). The monoisotopic (exact) mass is 491 g/mol. The Bertz CT molecular complexity index is 1370. The largest absolute Gasteiger partial charge is 0.494 e. The zero-order valence-corrected chi connectivity index (χ0v) is 20.7. The number of anilines is 1. The summed E-state index contributed by atoms with van der Waals surface area (Å²) in [6, 6.07) is 17.5. The molecule has 0 bridgehead atoms. The Morgan fingerprint density at radius 2 is 1.66 bits per heavy atom. The van der Waals surface area contributed by atoms with E-state index in [4.69, 9.17) is 25.5 Å². The molecule has 1 heterocycles. The lowest BCUT2D eigenvalue weighted by Gasteiger charge is -2.16. The van der Waals surface area contributed by atoms with E-state index in [2.05, 4.69) is 5.32 Å². The molecular formula is C28H26ClNO5. The zero-order chi connectivity index (χ0) is 25.1. The third-order valence-corrected chi connectivity index (χ3v) is 6.17. The normalized spacial score (nSPS) is 11.8. The Morgan fingerprint density at radius 1 is 1.00 bits per heavy atom. The number of carbonyl (C=O) groups is 2. The van der Waals surface area contributed by atoms with Crippen molar-refractivity contribution in [2.75, 3.05) is 11.9 Å². The van der Waals surface area contributed by atoms with Crippen LogP contribution in [0.4, 0.5) is 5.69 Å². The van der Waals surface area contributed by atoms with Gasteiger partial charge in [0.15, 0.2) is 11.9 Å². The van der Waals surface area contributed by atoms with Crippen LogP contribution in [0.3, 0.4) is 0 Å². The lowest BCUT2D eigenvalue weighted by Crippen LogP contribution is -2.30. The summed E-state index contributed by atoms with van der Waals surface area (Å²) < 4.78 is 17.2. The van der Waals surface area contributed by atoms with Crippen molar-refractivity contribution in [2.24, 2.45) is 0 Å². The highest BCUT2D eigenvalue weighted by Gasteiger charge is 2.25. The van der Waals surface area contributed by atoms with Crippen molar-refractivity contribution >= 4 is 39.9 Å². The van der Waals surface area contributed by atoms with Crippen LogP contribution in [-0.4, -0.2) is 24.4 Å². The molecule has 180 valence electrons. The van der Waals surface area contributed by atoms with Gasteiger partial charge in [0.25, 0.3) is 5.91 Å². The maximum absolute atomic E-state index is 13.3. The summed E-state index contributed by atoms with van der Waals surface area (Å²) in [7, 11) is 0. The maximum atomic E-state index is 13.3. The van der Waals surface area contributed by atoms with Gasteiger partial charge in [-0.2, -0.15) is 0 Å². The van der Waals surface area contributed by atoms with Crippen LogP contribution in [0.15, 0.2) is 65.1 Å². The predicted octanol–water partition coefficient (Wildman–Crippen LogP) is 6.74. The number of halogens is 1. The molecule has 6 nitrogen and oxygen atoms in total. The molecule has 0 fully saturated rings. The van der Waals surface area contributed by atoms with Gasteiger partial charge >= 0.3 is 0 Å². The number of hydrogen-bond donors (Lipinski definition) is 1. The first-order valence-corrected chi connectivity index (χ1v) is 11.7. The number of aryl methyl sites for hydroxylation is 2. The summed E-state index contributed by atoms with van der Waals surface area (Å²) in [4.78, 5) is 26.4. The van der Waals surface area contributed by atoms with Crippen LogP contribution in [0.2, 0.25) is 5.02 Å². The van der Waals surface area contributed by atoms with Crippen LogP contribution in [-0.2, 0) is 4.79 Å². The number of hydrogen-bond acceptors (Lipinski definition) is 5. The molecule has 0 radical (unpaired) electrons. The molecular weight excluding hydrogens is 466 g/mol. The van der Waals surface area contributed by atoms with E-state index in [1.165, 1.54) is 0 Å². The fourth-order valence-corrected chi connectivity index (χ4v) is 3.90. The highest BCUT2D eigenvalue weighted by atomic mass is 35.5. The summed E-state index contributed by atoms with van der Waals surface area (Å²) >= 11 is 6.24. The molecule has 4 rings (SSSR count). The number of fused-ring (bicyclic) bond motifs is 1. The summed E-state index contributed by atoms with van der Waals surface area (Å²) in [6.07, 6.45) is -0.836. The lowest BCUT2D eigenvalue weighted by atomic mass is 10.1. The number of ketones is 1. The summed E-state index contributed by atoms with van der Waals surface area (Å²) in [5.41, 5.74) is 2.94. The highest BCUT2D eigenvalue weighted by molar-refractivity contribution is 6.32. The minimum atomic E-state index is -0.836. The molecule has 1 aromatic heterocycles. The maximum Gasteiger partial charge on any atom is 0.265 e. The van der Waals surface area contributed by atoms with Crippen LogP contribution in [0, 0.1) is 13.8 Å². The molecule has 7 heteroatoms.